The van der Waals surface area contributed by atoms with E-state index in [0.717, 1.165) is 5.56 Å². The van der Waals surface area contributed by atoms with Crippen molar-refractivity contribution >= 4 is 23.5 Å². The number of benzene rings is 2. The van der Waals surface area contributed by atoms with Gasteiger partial charge in [-0.25, -0.2) is 9.18 Å². The highest BCUT2D eigenvalue weighted by Crippen LogP contribution is 2.23. The number of hydrogen-bond acceptors (Lipinski definition) is 4. The van der Waals surface area contributed by atoms with E-state index in [1.54, 1.807) is 65.8 Å². The monoisotopic (exact) mass is 428 g/mol. The molecule has 0 aliphatic rings. The third-order valence-corrected chi connectivity index (χ3v) is 4.42. The Labute approximate surface area is 182 Å². The molecule has 2 N–H and O–H groups in total. The lowest BCUT2D eigenvalue weighted by Gasteiger charge is -2.25. The lowest BCUT2D eigenvalue weighted by molar-refractivity contribution is -0.119. The number of nitrogens with one attached hydrogen (secondary N) is 2. The molecule has 7 heteroatoms. The van der Waals surface area contributed by atoms with Crippen LogP contribution in [0.15, 0.2) is 42.5 Å². The van der Waals surface area contributed by atoms with Gasteiger partial charge in [0.1, 0.15) is 17.5 Å². The number of carbonyl (C=O) groups is 3. The molecule has 0 saturated heterocycles. The van der Waals surface area contributed by atoms with Crippen molar-refractivity contribution in [2.75, 3.05) is 5.32 Å². The van der Waals surface area contributed by atoms with Crippen LogP contribution < -0.4 is 10.6 Å². The second-order valence-corrected chi connectivity index (χ2v) is 8.72. The highest BCUT2D eigenvalue weighted by Gasteiger charge is 2.28. The molecule has 0 spiro atoms. The van der Waals surface area contributed by atoms with Crippen molar-refractivity contribution in [1.82, 2.24) is 5.32 Å². The van der Waals surface area contributed by atoms with E-state index in [-0.39, 0.29) is 22.7 Å². The Bertz CT molecular complexity index is 980. The van der Waals surface area contributed by atoms with Crippen LogP contribution in [-0.2, 0) is 9.53 Å². The summed E-state index contributed by atoms with van der Waals surface area (Å²) in [5.41, 5.74) is 0.387. The van der Waals surface area contributed by atoms with Crippen molar-refractivity contribution in [2.45, 2.75) is 53.2 Å². The number of ether oxygens (including phenoxy) is 1. The topological polar surface area (TPSA) is 84.5 Å². The van der Waals surface area contributed by atoms with Crippen molar-refractivity contribution in [2.24, 2.45) is 5.92 Å². The SMILES string of the molecule is Cc1ccc(NC(=O)C(NC(=O)OC(C)(C)C)C(C)C)c(C(=O)c2ccccc2F)c1. The summed E-state index contributed by atoms with van der Waals surface area (Å²) in [7, 11) is 0. The highest BCUT2D eigenvalue weighted by molar-refractivity contribution is 6.14. The molecule has 0 heterocycles. The molecule has 0 aliphatic carbocycles. The number of ketones is 1. The normalized spacial score (nSPS) is 12.3. The first-order valence-electron chi connectivity index (χ1n) is 10.1. The molecule has 31 heavy (non-hydrogen) atoms. The molecule has 166 valence electrons. The van der Waals surface area contributed by atoms with Crippen LogP contribution in [0.2, 0.25) is 0 Å². The quantitative estimate of drug-likeness (QED) is 0.644. The molecule has 0 fully saturated rings. The maximum atomic E-state index is 14.2. The molecular weight excluding hydrogens is 399 g/mol. The minimum absolute atomic E-state index is 0.0871. The minimum atomic E-state index is -0.896. The van der Waals surface area contributed by atoms with Gasteiger partial charge < -0.3 is 15.4 Å². The molecule has 0 aromatic heterocycles. The first-order valence-corrected chi connectivity index (χ1v) is 10.1. The van der Waals surface area contributed by atoms with Gasteiger partial charge in [0.2, 0.25) is 5.91 Å². The molecule has 2 rings (SSSR count). The van der Waals surface area contributed by atoms with Crippen LogP contribution in [0, 0.1) is 18.7 Å². The van der Waals surface area contributed by atoms with Gasteiger partial charge in [0.15, 0.2) is 5.78 Å². The fraction of sp³-hybridized carbons (Fsp3) is 0.375. The summed E-state index contributed by atoms with van der Waals surface area (Å²) in [5, 5.41) is 5.28. The molecule has 1 unspecified atom stereocenters. The van der Waals surface area contributed by atoms with Gasteiger partial charge in [0, 0.05) is 5.56 Å². The Balaban J connectivity index is 2.30. The number of amides is 2. The second-order valence-electron chi connectivity index (χ2n) is 8.72. The maximum Gasteiger partial charge on any atom is 0.408 e. The molecule has 1 atom stereocenters. The summed E-state index contributed by atoms with van der Waals surface area (Å²) in [6.07, 6.45) is -0.715. The standard InChI is InChI=1S/C24H29FN2O4/c1-14(2)20(27-23(30)31-24(4,5)6)22(29)26-19-12-11-15(3)13-17(19)21(28)16-9-7-8-10-18(16)25/h7-14,20H,1-6H3,(H,26,29)(H,27,30). The van der Waals surface area contributed by atoms with Crippen LogP contribution in [0.5, 0.6) is 0 Å². The molecule has 2 aromatic rings. The van der Waals surface area contributed by atoms with Crippen LogP contribution in [-0.4, -0.2) is 29.4 Å². The molecule has 2 aromatic carbocycles. The summed E-state index contributed by atoms with van der Waals surface area (Å²) in [6.45, 7) is 10.5. The number of anilines is 1. The summed E-state index contributed by atoms with van der Waals surface area (Å²) >= 11 is 0. The molecular formula is C24H29FN2O4. The zero-order valence-electron chi connectivity index (χ0n) is 18.7. The van der Waals surface area contributed by atoms with Crippen LogP contribution >= 0.6 is 0 Å². The zero-order chi connectivity index (χ0) is 23.3. The molecule has 2 amide bonds. The van der Waals surface area contributed by atoms with E-state index in [2.05, 4.69) is 10.6 Å². The number of alkyl carbamates (subject to hydrolysis) is 1. The Morgan fingerprint density at radius 2 is 1.65 bits per heavy atom. The van der Waals surface area contributed by atoms with Crippen LogP contribution in [0.25, 0.3) is 0 Å². The van der Waals surface area contributed by atoms with Crippen LogP contribution in [0.3, 0.4) is 0 Å². The van der Waals surface area contributed by atoms with Gasteiger partial charge in [-0.2, -0.15) is 0 Å². The van der Waals surface area contributed by atoms with Gasteiger partial charge in [-0.05, 0) is 57.9 Å². The van der Waals surface area contributed by atoms with Crippen molar-refractivity contribution in [3.05, 3.63) is 65.0 Å². The second kappa shape index (κ2) is 9.73. The van der Waals surface area contributed by atoms with Gasteiger partial charge in [0.25, 0.3) is 0 Å². The summed E-state index contributed by atoms with van der Waals surface area (Å²) < 4.78 is 19.4. The van der Waals surface area contributed by atoms with Crippen molar-refractivity contribution in [3.8, 4) is 0 Å². The van der Waals surface area contributed by atoms with E-state index in [0.29, 0.717) is 0 Å². The van der Waals surface area contributed by atoms with E-state index in [4.69, 9.17) is 4.74 Å². The molecule has 0 saturated carbocycles. The summed E-state index contributed by atoms with van der Waals surface area (Å²) in [5.74, 6) is -1.94. The van der Waals surface area contributed by atoms with Gasteiger partial charge in [-0.3, -0.25) is 9.59 Å². The van der Waals surface area contributed by atoms with Gasteiger partial charge >= 0.3 is 6.09 Å². The predicted octanol–water partition coefficient (Wildman–Crippen LogP) is 4.85. The largest absolute Gasteiger partial charge is 0.444 e. The fourth-order valence-corrected chi connectivity index (χ4v) is 2.93. The predicted molar refractivity (Wildman–Crippen MR) is 118 cm³/mol. The van der Waals surface area contributed by atoms with E-state index >= 15 is 0 Å². The third kappa shape index (κ3) is 6.64. The van der Waals surface area contributed by atoms with E-state index in [1.165, 1.54) is 18.2 Å². The highest BCUT2D eigenvalue weighted by atomic mass is 19.1. The molecule has 0 radical (unpaired) electrons. The van der Waals surface area contributed by atoms with Gasteiger partial charge in [-0.15, -0.1) is 0 Å². The number of carbonyl (C=O) groups excluding carboxylic acids is 3. The summed E-state index contributed by atoms with van der Waals surface area (Å²) in [6, 6.07) is 9.70. The molecule has 0 bridgehead atoms. The number of rotatable bonds is 6. The Hall–Kier alpha value is -3.22. The number of hydrogen-bond donors (Lipinski definition) is 2. The minimum Gasteiger partial charge on any atom is -0.444 e. The Kier molecular flexibility index (Phi) is 7.55. The Morgan fingerprint density at radius 1 is 1.00 bits per heavy atom. The molecule has 0 aliphatic heterocycles. The lowest BCUT2D eigenvalue weighted by Crippen LogP contribution is -2.48. The van der Waals surface area contributed by atoms with Crippen molar-refractivity contribution in [1.29, 1.82) is 0 Å². The first-order chi connectivity index (χ1) is 14.4. The smallest absolute Gasteiger partial charge is 0.408 e. The van der Waals surface area contributed by atoms with Crippen molar-refractivity contribution in [3.63, 3.8) is 0 Å². The Morgan fingerprint density at radius 3 is 2.23 bits per heavy atom. The van der Waals surface area contributed by atoms with Crippen LogP contribution in [0.4, 0.5) is 14.9 Å². The van der Waals surface area contributed by atoms with E-state index in [9.17, 15) is 18.8 Å². The fourth-order valence-electron chi connectivity index (χ4n) is 2.93. The summed E-state index contributed by atoms with van der Waals surface area (Å²) in [4.78, 5) is 38.1. The maximum absolute atomic E-state index is 14.2. The zero-order valence-corrected chi connectivity index (χ0v) is 18.7. The average molecular weight is 429 g/mol. The molecule has 6 nitrogen and oxygen atoms in total. The van der Waals surface area contributed by atoms with E-state index in [1.807, 2.05) is 0 Å². The van der Waals surface area contributed by atoms with Gasteiger partial charge in [-0.1, -0.05) is 37.6 Å². The van der Waals surface area contributed by atoms with Crippen molar-refractivity contribution < 1.29 is 23.5 Å². The average Bonchev–Trinajstić information content (AvgIpc) is 2.65. The third-order valence-electron chi connectivity index (χ3n) is 4.42. The lowest BCUT2D eigenvalue weighted by atomic mass is 9.98. The van der Waals surface area contributed by atoms with E-state index < -0.39 is 35.2 Å². The number of halogens is 1. The van der Waals surface area contributed by atoms with Crippen LogP contribution in [0.1, 0.15) is 56.1 Å². The van der Waals surface area contributed by atoms with Gasteiger partial charge in [0.05, 0.1) is 11.3 Å². The number of aryl methyl sites for hydroxylation is 1. The first kappa shape index (κ1) is 24.1.